The summed E-state index contributed by atoms with van der Waals surface area (Å²) in [5.74, 6) is -0.0862. The summed E-state index contributed by atoms with van der Waals surface area (Å²) in [6, 6.07) is 0. The van der Waals surface area contributed by atoms with Gasteiger partial charge in [-0.1, -0.05) is 23.2 Å². The summed E-state index contributed by atoms with van der Waals surface area (Å²) in [5.41, 5.74) is 0. The first-order valence-electron chi connectivity index (χ1n) is 3.91. The van der Waals surface area contributed by atoms with Crippen molar-refractivity contribution in [3.8, 4) is 5.75 Å². The molecule has 1 rings (SSSR count). The molecule has 0 unspecified atom stereocenters. The molecule has 0 aliphatic heterocycles. The molecule has 0 fully saturated rings. The van der Waals surface area contributed by atoms with Gasteiger partial charge in [-0.3, -0.25) is 4.79 Å². The van der Waals surface area contributed by atoms with Crippen molar-refractivity contribution in [2.75, 3.05) is 14.2 Å². The molecule has 0 spiro atoms. The lowest BCUT2D eigenvalue weighted by atomic mass is 10.4. The van der Waals surface area contributed by atoms with Gasteiger partial charge < -0.3 is 9.47 Å². The molecule has 0 saturated heterocycles. The van der Waals surface area contributed by atoms with Crippen LogP contribution in [0.25, 0.3) is 0 Å². The number of carbonyl (C=O) groups excluding carboxylic acids is 1. The van der Waals surface area contributed by atoms with Crippen molar-refractivity contribution in [1.82, 2.24) is 9.97 Å². The molecule has 7 heteroatoms. The van der Waals surface area contributed by atoms with Crippen LogP contribution in [0, 0.1) is 0 Å². The monoisotopic (exact) mass is 250 g/mol. The first-order chi connectivity index (χ1) is 7.08. The molecular weight excluding hydrogens is 243 g/mol. The van der Waals surface area contributed by atoms with Crippen LogP contribution in [-0.4, -0.2) is 30.2 Å². The Morgan fingerprint density at radius 2 is 1.80 bits per heavy atom. The molecule has 0 radical (unpaired) electrons. The zero-order valence-corrected chi connectivity index (χ0v) is 9.59. The van der Waals surface area contributed by atoms with Crippen molar-refractivity contribution in [2.24, 2.45) is 0 Å². The molecule has 1 aromatic heterocycles. The number of methoxy groups -OCH3 is 2. The van der Waals surface area contributed by atoms with Gasteiger partial charge in [0.1, 0.15) is 12.2 Å². The van der Waals surface area contributed by atoms with Gasteiger partial charge >= 0.3 is 5.97 Å². The van der Waals surface area contributed by atoms with Crippen LogP contribution in [0.2, 0.25) is 10.3 Å². The summed E-state index contributed by atoms with van der Waals surface area (Å²) in [6.07, 6.45) is -0.0834. The molecule has 0 bridgehead atoms. The zero-order chi connectivity index (χ0) is 11.4. The third kappa shape index (κ3) is 2.94. The van der Waals surface area contributed by atoms with Gasteiger partial charge in [-0.2, -0.15) is 0 Å². The number of ether oxygens (including phenoxy) is 2. The van der Waals surface area contributed by atoms with E-state index in [-0.39, 0.29) is 28.3 Å². The third-order valence-electron chi connectivity index (χ3n) is 1.56. The molecule has 0 N–H and O–H groups in total. The number of aromatic nitrogens is 2. The van der Waals surface area contributed by atoms with Gasteiger partial charge in [0.25, 0.3) is 0 Å². The Kier molecular flexibility index (Phi) is 4.11. The lowest BCUT2D eigenvalue weighted by Gasteiger charge is -2.05. The highest BCUT2D eigenvalue weighted by atomic mass is 35.5. The van der Waals surface area contributed by atoms with E-state index in [1.54, 1.807) is 0 Å². The highest BCUT2D eigenvalue weighted by Crippen LogP contribution is 2.29. The van der Waals surface area contributed by atoms with Crippen molar-refractivity contribution in [3.05, 3.63) is 16.1 Å². The zero-order valence-electron chi connectivity index (χ0n) is 8.08. The van der Waals surface area contributed by atoms with Gasteiger partial charge in [0.05, 0.1) is 14.2 Å². The van der Waals surface area contributed by atoms with E-state index in [0.29, 0.717) is 0 Å². The van der Waals surface area contributed by atoms with Crippen LogP contribution in [0.4, 0.5) is 0 Å². The standard InChI is InChI=1S/C8H8Cl2N2O3/c1-14-5(13)3-4-11-7(9)6(15-2)8(10)12-4/h3H2,1-2H3. The second kappa shape index (κ2) is 5.14. The third-order valence-corrected chi connectivity index (χ3v) is 2.08. The fourth-order valence-electron chi connectivity index (χ4n) is 0.887. The van der Waals surface area contributed by atoms with E-state index in [1.807, 2.05) is 0 Å². The average molecular weight is 251 g/mol. The first kappa shape index (κ1) is 12.0. The van der Waals surface area contributed by atoms with Crippen LogP contribution < -0.4 is 4.74 Å². The van der Waals surface area contributed by atoms with E-state index < -0.39 is 5.97 Å². The van der Waals surface area contributed by atoms with Gasteiger partial charge in [-0.15, -0.1) is 0 Å². The van der Waals surface area contributed by atoms with Crippen LogP contribution in [0.1, 0.15) is 5.82 Å². The highest BCUT2D eigenvalue weighted by molar-refractivity contribution is 6.35. The Morgan fingerprint density at radius 1 is 1.27 bits per heavy atom. The minimum atomic E-state index is -0.465. The average Bonchev–Trinajstić information content (AvgIpc) is 2.17. The highest BCUT2D eigenvalue weighted by Gasteiger charge is 2.14. The molecule has 0 aliphatic carbocycles. The Bertz CT molecular complexity index is 361. The second-order valence-corrected chi connectivity index (χ2v) is 3.22. The van der Waals surface area contributed by atoms with Crippen molar-refractivity contribution in [2.45, 2.75) is 6.42 Å². The molecule has 0 atom stereocenters. The second-order valence-electron chi connectivity index (χ2n) is 2.51. The maximum absolute atomic E-state index is 10.9. The SMILES string of the molecule is COC(=O)Cc1nc(Cl)c(OC)c(Cl)n1. The lowest BCUT2D eigenvalue weighted by Crippen LogP contribution is -2.08. The molecular formula is C8H8Cl2N2O3. The van der Waals surface area contributed by atoms with Crippen LogP contribution in [0.5, 0.6) is 5.75 Å². The van der Waals surface area contributed by atoms with Gasteiger partial charge in [-0.25, -0.2) is 9.97 Å². The van der Waals surface area contributed by atoms with Crippen LogP contribution in [-0.2, 0) is 16.0 Å². The van der Waals surface area contributed by atoms with E-state index in [1.165, 1.54) is 14.2 Å². The van der Waals surface area contributed by atoms with E-state index in [0.717, 1.165) is 0 Å². The first-order valence-corrected chi connectivity index (χ1v) is 4.66. The smallest absolute Gasteiger partial charge is 0.313 e. The number of carbonyl (C=O) groups is 1. The van der Waals surface area contributed by atoms with Gasteiger partial charge in [0.15, 0.2) is 16.1 Å². The number of rotatable bonds is 3. The Balaban J connectivity index is 2.98. The molecule has 15 heavy (non-hydrogen) atoms. The lowest BCUT2D eigenvalue weighted by molar-refractivity contribution is -0.139. The molecule has 0 saturated carbocycles. The summed E-state index contributed by atoms with van der Waals surface area (Å²) >= 11 is 11.5. The summed E-state index contributed by atoms with van der Waals surface area (Å²) in [6.45, 7) is 0. The Labute approximate surface area is 96.3 Å². The number of hydrogen-bond donors (Lipinski definition) is 0. The summed E-state index contributed by atoms with van der Waals surface area (Å²) < 4.78 is 9.31. The van der Waals surface area contributed by atoms with Crippen molar-refractivity contribution in [1.29, 1.82) is 0 Å². The van der Waals surface area contributed by atoms with Crippen molar-refractivity contribution in [3.63, 3.8) is 0 Å². The van der Waals surface area contributed by atoms with Crippen LogP contribution in [0.3, 0.4) is 0 Å². The predicted molar refractivity (Wildman–Crippen MR) is 54.3 cm³/mol. The summed E-state index contributed by atoms with van der Waals surface area (Å²) in [7, 11) is 2.67. The van der Waals surface area contributed by atoms with Crippen LogP contribution in [0.15, 0.2) is 0 Å². The summed E-state index contributed by atoms with van der Waals surface area (Å²) in [4.78, 5) is 18.6. The molecule has 1 heterocycles. The molecule has 0 aliphatic rings. The van der Waals surface area contributed by atoms with E-state index in [4.69, 9.17) is 27.9 Å². The van der Waals surface area contributed by atoms with Crippen molar-refractivity contribution < 1.29 is 14.3 Å². The maximum Gasteiger partial charge on any atom is 0.313 e. The normalized spacial score (nSPS) is 9.87. The molecule has 82 valence electrons. The van der Waals surface area contributed by atoms with Crippen LogP contribution >= 0.6 is 23.2 Å². The molecule has 5 nitrogen and oxygen atoms in total. The Morgan fingerprint density at radius 3 is 2.20 bits per heavy atom. The molecule has 0 aromatic carbocycles. The maximum atomic E-state index is 10.9. The fourth-order valence-corrected chi connectivity index (χ4v) is 1.46. The van der Waals surface area contributed by atoms with Gasteiger partial charge in [-0.05, 0) is 0 Å². The van der Waals surface area contributed by atoms with Crippen molar-refractivity contribution >= 4 is 29.2 Å². The van der Waals surface area contributed by atoms with E-state index in [9.17, 15) is 4.79 Å². The molecule has 0 amide bonds. The summed E-state index contributed by atoms with van der Waals surface area (Å²) in [5, 5.41) is 0.132. The number of hydrogen-bond acceptors (Lipinski definition) is 5. The minimum Gasteiger partial charge on any atom is -0.491 e. The number of nitrogens with zero attached hydrogens (tertiary/aromatic N) is 2. The Hall–Kier alpha value is -1.07. The largest absolute Gasteiger partial charge is 0.491 e. The topological polar surface area (TPSA) is 61.3 Å². The molecule has 1 aromatic rings. The fraction of sp³-hybridized carbons (Fsp3) is 0.375. The number of esters is 1. The van der Waals surface area contributed by atoms with E-state index >= 15 is 0 Å². The minimum absolute atomic E-state index is 0.0661. The quantitative estimate of drug-likeness (QED) is 0.601. The van der Waals surface area contributed by atoms with Gasteiger partial charge in [0, 0.05) is 0 Å². The number of halogens is 2. The van der Waals surface area contributed by atoms with Gasteiger partial charge in [0.2, 0.25) is 0 Å². The van der Waals surface area contributed by atoms with E-state index in [2.05, 4.69) is 14.7 Å². The predicted octanol–water partition coefficient (Wildman–Crippen LogP) is 1.51.